The summed E-state index contributed by atoms with van der Waals surface area (Å²) in [5.41, 5.74) is -0.121. The number of carbonyl (C=O) groups excluding carboxylic acids is 2. The molecule has 0 aliphatic carbocycles. The van der Waals surface area contributed by atoms with Crippen LogP contribution in [-0.2, 0) is 15.1 Å². The van der Waals surface area contributed by atoms with E-state index in [9.17, 15) is 9.59 Å². The molecule has 1 aliphatic heterocycles. The van der Waals surface area contributed by atoms with E-state index in [1.807, 2.05) is 44.2 Å². The van der Waals surface area contributed by atoms with Gasteiger partial charge in [-0.05, 0) is 18.9 Å². The normalized spacial score (nSPS) is 22.2. The molecule has 1 N–H and O–H groups in total. The smallest absolute Gasteiger partial charge is 0.325 e. The number of amides is 3. The minimum atomic E-state index is -0.940. The van der Waals surface area contributed by atoms with Crippen LogP contribution in [0.15, 0.2) is 30.3 Å². The average molecular weight is 276 g/mol. The van der Waals surface area contributed by atoms with E-state index in [0.29, 0.717) is 19.6 Å². The summed E-state index contributed by atoms with van der Waals surface area (Å²) in [5, 5.41) is 2.84. The lowest BCUT2D eigenvalue weighted by Crippen LogP contribution is -2.43. The van der Waals surface area contributed by atoms with Crippen LogP contribution in [0.3, 0.4) is 0 Å². The van der Waals surface area contributed by atoms with E-state index in [2.05, 4.69) is 5.32 Å². The average Bonchev–Trinajstić information content (AvgIpc) is 2.73. The molecule has 1 heterocycles. The Morgan fingerprint density at radius 2 is 1.90 bits per heavy atom. The fourth-order valence-electron chi connectivity index (χ4n) is 2.49. The first kappa shape index (κ1) is 14.5. The maximum atomic E-state index is 12.7. The van der Waals surface area contributed by atoms with Gasteiger partial charge in [-0.15, -0.1) is 0 Å². The molecule has 0 spiro atoms. The lowest BCUT2D eigenvalue weighted by Gasteiger charge is -2.25. The molecular weight excluding hydrogens is 256 g/mol. The van der Waals surface area contributed by atoms with Crippen LogP contribution in [0.4, 0.5) is 4.79 Å². The van der Waals surface area contributed by atoms with Gasteiger partial charge in [-0.1, -0.05) is 37.3 Å². The maximum Gasteiger partial charge on any atom is 0.325 e. The molecule has 1 aromatic carbocycles. The third-order valence-electron chi connectivity index (χ3n) is 3.64. The lowest BCUT2D eigenvalue weighted by molar-refractivity contribution is -0.132. The van der Waals surface area contributed by atoms with Gasteiger partial charge in [-0.3, -0.25) is 9.69 Å². The molecule has 1 aromatic rings. The molecule has 1 atom stereocenters. The second-order valence-electron chi connectivity index (χ2n) is 4.71. The Labute approximate surface area is 118 Å². The highest BCUT2D eigenvalue weighted by molar-refractivity contribution is 6.07. The van der Waals surface area contributed by atoms with E-state index in [1.54, 1.807) is 0 Å². The van der Waals surface area contributed by atoms with Crippen LogP contribution in [0.25, 0.3) is 0 Å². The van der Waals surface area contributed by atoms with Crippen LogP contribution in [0.2, 0.25) is 0 Å². The summed E-state index contributed by atoms with van der Waals surface area (Å²) in [6.45, 7) is 5.00. The molecule has 5 nitrogen and oxygen atoms in total. The first-order valence-electron chi connectivity index (χ1n) is 6.93. The number of hydrogen-bond donors (Lipinski definition) is 1. The quantitative estimate of drug-likeness (QED) is 0.637. The van der Waals surface area contributed by atoms with Gasteiger partial charge in [-0.25, -0.2) is 4.79 Å². The van der Waals surface area contributed by atoms with Crippen molar-refractivity contribution in [1.82, 2.24) is 10.2 Å². The highest BCUT2D eigenvalue weighted by Gasteiger charge is 2.50. The zero-order chi connectivity index (χ0) is 14.6. The van der Waals surface area contributed by atoms with Gasteiger partial charge >= 0.3 is 6.03 Å². The Hall–Kier alpha value is -1.88. The standard InChI is InChI=1S/C15H20N2O3/c1-3-15(12-8-6-5-7-9-12)13(18)17(14(19)16-15)10-11-20-4-2/h5-9H,3-4,10-11H2,1-2H3,(H,16,19)/t15-/m0/s1. The number of hydrogen-bond acceptors (Lipinski definition) is 3. The van der Waals surface area contributed by atoms with Gasteiger partial charge < -0.3 is 10.1 Å². The Balaban J connectivity index is 2.24. The molecule has 5 heteroatoms. The highest BCUT2D eigenvalue weighted by atomic mass is 16.5. The number of urea groups is 1. The molecule has 0 saturated carbocycles. The molecule has 0 radical (unpaired) electrons. The maximum absolute atomic E-state index is 12.7. The van der Waals surface area contributed by atoms with Crippen LogP contribution < -0.4 is 5.32 Å². The van der Waals surface area contributed by atoms with Crippen LogP contribution in [0.5, 0.6) is 0 Å². The van der Waals surface area contributed by atoms with E-state index in [0.717, 1.165) is 5.56 Å². The second kappa shape index (κ2) is 6.05. The van der Waals surface area contributed by atoms with Crippen LogP contribution >= 0.6 is 0 Å². The Bertz CT molecular complexity index is 489. The summed E-state index contributed by atoms with van der Waals surface area (Å²) in [7, 11) is 0. The molecule has 3 amide bonds. The van der Waals surface area contributed by atoms with Crippen molar-refractivity contribution in [3.63, 3.8) is 0 Å². The summed E-state index contributed by atoms with van der Waals surface area (Å²) in [6.07, 6.45) is 0.521. The van der Waals surface area contributed by atoms with E-state index in [1.165, 1.54) is 4.90 Å². The third-order valence-corrected chi connectivity index (χ3v) is 3.64. The first-order chi connectivity index (χ1) is 9.65. The molecule has 108 valence electrons. The number of carbonyl (C=O) groups is 2. The summed E-state index contributed by atoms with van der Waals surface area (Å²) in [5.74, 6) is -0.198. The van der Waals surface area contributed by atoms with Gasteiger partial charge in [0.25, 0.3) is 5.91 Å². The Kier molecular flexibility index (Phi) is 4.39. The van der Waals surface area contributed by atoms with E-state index < -0.39 is 5.54 Å². The zero-order valence-electron chi connectivity index (χ0n) is 11.9. The summed E-state index contributed by atoms with van der Waals surface area (Å²) >= 11 is 0. The topological polar surface area (TPSA) is 58.6 Å². The molecule has 1 aliphatic rings. The van der Waals surface area contributed by atoms with Gasteiger partial charge in [0.15, 0.2) is 0 Å². The minimum Gasteiger partial charge on any atom is -0.380 e. The molecule has 0 bridgehead atoms. The minimum absolute atomic E-state index is 0.198. The Morgan fingerprint density at radius 1 is 1.20 bits per heavy atom. The van der Waals surface area contributed by atoms with Gasteiger partial charge in [-0.2, -0.15) is 0 Å². The van der Waals surface area contributed by atoms with E-state index in [4.69, 9.17) is 4.74 Å². The van der Waals surface area contributed by atoms with Gasteiger partial charge in [0.05, 0.1) is 13.2 Å². The monoisotopic (exact) mass is 276 g/mol. The van der Waals surface area contributed by atoms with E-state index >= 15 is 0 Å². The van der Waals surface area contributed by atoms with Crippen molar-refractivity contribution < 1.29 is 14.3 Å². The number of rotatable bonds is 6. The zero-order valence-corrected chi connectivity index (χ0v) is 11.9. The molecule has 0 unspecified atom stereocenters. The van der Waals surface area contributed by atoms with Gasteiger partial charge in [0.1, 0.15) is 5.54 Å². The van der Waals surface area contributed by atoms with E-state index in [-0.39, 0.29) is 18.5 Å². The second-order valence-corrected chi connectivity index (χ2v) is 4.71. The van der Waals surface area contributed by atoms with Crippen LogP contribution in [0.1, 0.15) is 25.8 Å². The molecular formula is C15H20N2O3. The highest BCUT2D eigenvalue weighted by Crippen LogP contribution is 2.32. The van der Waals surface area contributed by atoms with Crippen molar-refractivity contribution in [3.05, 3.63) is 35.9 Å². The molecule has 1 fully saturated rings. The number of ether oxygens (including phenoxy) is 1. The summed E-state index contributed by atoms with van der Waals surface area (Å²) in [4.78, 5) is 26.0. The summed E-state index contributed by atoms with van der Waals surface area (Å²) < 4.78 is 5.23. The third kappa shape index (κ3) is 2.41. The van der Waals surface area contributed by atoms with Crippen LogP contribution in [0, 0.1) is 0 Å². The lowest BCUT2D eigenvalue weighted by atomic mass is 9.87. The van der Waals surface area contributed by atoms with Crippen LogP contribution in [-0.4, -0.2) is 36.6 Å². The van der Waals surface area contributed by atoms with Crippen molar-refractivity contribution in [2.24, 2.45) is 0 Å². The number of benzene rings is 1. The van der Waals surface area contributed by atoms with Crippen molar-refractivity contribution in [2.75, 3.05) is 19.8 Å². The van der Waals surface area contributed by atoms with Crippen molar-refractivity contribution >= 4 is 11.9 Å². The SMILES string of the molecule is CCOCCN1C(=O)N[C@@](CC)(c2ccccc2)C1=O. The number of imide groups is 1. The fourth-order valence-corrected chi connectivity index (χ4v) is 2.49. The predicted octanol–water partition coefficient (Wildman–Crippen LogP) is 1.88. The Morgan fingerprint density at radius 3 is 2.50 bits per heavy atom. The van der Waals surface area contributed by atoms with Gasteiger partial charge in [0, 0.05) is 6.61 Å². The largest absolute Gasteiger partial charge is 0.380 e. The van der Waals surface area contributed by atoms with Crippen molar-refractivity contribution in [3.8, 4) is 0 Å². The number of nitrogens with one attached hydrogen (secondary N) is 1. The predicted molar refractivity (Wildman–Crippen MR) is 75.1 cm³/mol. The molecule has 2 rings (SSSR count). The van der Waals surface area contributed by atoms with Crippen molar-refractivity contribution in [1.29, 1.82) is 0 Å². The van der Waals surface area contributed by atoms with Gasteiger partial charge in [0.2, 0.25) is 0 Å². The molecule has 0 aromatic heterocycles. The molecule has 20 heavy (non-hydrogen) atoms. The molecule has 1 saturated heterocycles. The summed E-state index contributed by atoms with van der Waals surface area (Å²) in [6, 6.07) is 9.02. The first-order valence-corrected chi connectivity index (χ1v) is 6.93. The van der Waals surface area contributed by atoms with Crippen molar-refractivity contribution in [2.45, 2.75) is 25.8 Å². The number of nitrogens with zero attached hydrogens (tertiary/aromatic N) is 1. The fraction of sp³-hybridized carbons (Fsp3) is 0.467.